The average Bonchev–Trinajstić information content (AvgIpc) is 2.92. The summed E-state index contributed by atoms with van der Waals surface area (Å²) in [5.74, 6) is -6.60. The molecule has 0 radical (unpaired) electrons. The number of nitrogens with zero attached hydrogens (tertiary/aromatic N) is 3. The van der Waals surface area contributed by atoms with Crippen LogP contribution in [0.5, 0.6) is 0 Å². The van der Waals surface area contributed by atoms with Gasteiger partial charge < -0.3 is 9.90 Å². The number of carboxylic acids is 1. The van der Waals surface area contributed by atoms with Gasteiger partial charge in [-0.1, -0.05) is 29.8 Å². The maximum Gasteiger partial charge on any atom is 0.312 e. The zero-order valence-electron chi connectivity index (χ0n) is 13.5. The van der Waals surface area contributed by atoms with Crippen LogP contribution in [-0.4, -0.2) is 15.7 Å². The Morgan fingerprint density at radius 3 is 2.77 bits per heavy atom. The normalized spacial score (nSPS) is 11.5. The van der Waals surface area contributed by atoms with Gasteiger partial charge in [0.2, 0.25) is 0 Å². The SMILES string of the molecule is Cc1nn(Cc2c(Cl)cccc2C#N)c2cc(C(F)(F)C(=O)[O-])ccc12. The number of aliphatic carboxylic acids is 1. The van der Waals surface area contributed by atoms with Gasteiger partial charge in [-0.2, -0.15) is 19.1 Å². The van der Waals surface area contributed by atoms with Crippen molar-refractivity contribution in [2.24, 2.45) is 0 Å². The van der Waals surface area contributed by atoms with Gasteiger partial charge in [0.25, 0.3) is 0 Å². The van der Waals surface area contributed by atoms with Gasteiger partial charge in [0.1, 0.15) is 5.97 Å². The summed E-state index contributed by atoms with van der Waals surface area (Å²) in [6, 6.07) is 10.4. The van der Waals surface area contributed by atoms with Crippen LogP contribution < -0.4 is 5.11 Å². The minimum absolute atomic E-state index is 0.0766. The first-order valence-electron chi connectivity index (χ1n) is 7.50. The van der Waals surface area contributed by atoms with E-state index in [2.05, 4.69) is 5.10 Å². The van der Waals surface area contributed by atoms with Crippen LogP contribution in [0.1, 0.15) is 22.4 Å². The van der Waals surface area contributed by atoms with Gasteiger partial charge in [0.05, 0.1) is 29.4 Å². The van der Waals surface area contributed by atoms with Crippen LogP contribution in [-0.2, 0) is 17.3 Å². The molecule has 0 aliphatic rings. The quantitative estimate of drug-likeness (QED) is 0.703. The molecule has 2 aromatic carbocycles. The van der Waals surface area contributed by atoms with Crippen molar-refractivity contribution in [3.63, 3.8) is 0 Å². The van der Waals surface area contributed by atoms with E-state index in [0.29, 0.717) is 32.7 Å². The fourth-order valence-electron chi connectivity index (χ4n) is 2.75. The molecular formula is C18H11ClF2N3O2-. The number of carbonyl (C=O) groups excluding carboxylic acids is 1. The van der Waals surface area contributed by atoms with Crippen molar-refractivity contribution in [3.05, 3.63) is 63.8 Å². The third kappa shape index (κ3) is 2.89. The lowest BCUT2D eigenvalue weighted by molar-refractivity contribution is -0.331. The minimum atomic E-state index is -4.13. The average molecular weight is 375 g/mol. The number of aryl methyl sites for hydroxylation is 1. The van der Waals surface area contributed by atoms with Crippen molar-refractivity contribution in [3.8, 4) is 6.07 Å². The van der Waals surface area contributed by atoms with Crippen molar-refractivity contribution in [1.29, 1.82) is 5.26 Å². The molecule has 1 aromatic heterocycles. The standard InChI is InChI=1S/C18H12ClF2N3O2/c1-10-13-6-5-12(18(20,21)17(25)26)7-16(13)24(23-10)9-14-11(8-22)3-2-4-15(14)19/h2-7H,9H2,1H3,(H,25,26)/p-1. The molecule has 0 fully saturated rings. The van der Waals surface area contributed by atoms with Gasteiger partial charge >= 0.3 is 5.92 Å². The van der Waals surface area contributed by atoms with E-state index in [1.54, 1.807) is 25.1 Å². The molecule has 5 nitrogen and oxygen atoms in total. The smallest absolute Gasteiger partial charge is 0.312 e. The van der Waals surface area contributed by atoms with Gasteiger partial charge in [-0.05, 0) is 25.1 Å². The van der Waals surface area contributed by atoms with Crippen molar-refractivity contribution in [2.45, 2.75) is 19.4 Å². The third-order valence-electron chi connectivity index (χ3n) is 4.10. The number of hydrogen-bond donors (Lipinski definition) is 0. The molecule has 0 N–H and O–H groups in total. The predicted octanol–water partition coefficient (Wildman–Crippen LogP) is 2.76. The number of benzene rings is 2. The number of carbonyl (C=O) groups is 1. The van der Waals surface area contributed by atoms with E-state index in [4.69, 9.17) is 11.6 Å². The Morgan fingerprint density at radius 1 is 1.38 bits per heavy atom. The zero-order chi connectivity index (χ0) is 19.1. The fourth-order valence-corrected chi connectivity index (χ4v) is 2.98. The highest BCUT2D eigenvalue weighted by Gasteiger charge is 2.34. The molecule has 0 aliphatic carbocycles. The van der Waals surface area contributed by atoms with Gasteiger partial charge in [-0.3, -0.25) is 4.68 Å². The van der Waals surface area contributed by atoms with Gasteiger partial charge in [0, 0.05) is 21.5 Å². The van der Waals surface area contributed by atoms with E-state index < -0.39 is 17.5 Å². The molecule has 3 aromatic rings. The van der Waals surface area contributed by atoms with Crippen LogP contribution >= 0.6 is 11.6 Å². The summed E-state index contributed by atoms with van der Waals surface area (Å²) in [4.78, 5) is 10.7. The summed E-state index contributed by atoms with van der Waals surface area (Å²) in [6.07, 6.45) is 0. The van der Waals surface area contributed by atoms with Crippen molar-refractivity contribution < 1.29 is 18.7 Å². The molecule has 0 aliphatic heterocycles. The Hall–Kier alpha value is -2.98. The molecule has 0 saturated heterocycles. The number of aromatic nitrogens is 2. The van der Waals surface area contributed by atoms with E-state index in [-0.39, 0.29) is 6.54 Å². The van der Waals surface area contributed by atoms with E-state index in [1.807, 2.05) is 6.07 Å². The second-order valence-corrected chi connectivity index (χ2v) is 6.12. The maximum absolute atomic E-state index is 13.8. The molecule has 0 saturated carbocycles. The minimum Gasteiger partial charge on any atom is -0.544 e. The Morgan fingerprint density at radius 2 is 2.12 bits per heavy atom. The highest BCUT2D eigenvalue weighted by molar-refractivity contribution is 6.31. The third-order valence-corrected chi connectivity index (χ3v) is 4.46. The molecule has 132 valence electrons. The molecule has 0 atom stereocenters. The monoisotopic (exact) mass is 374 g/mol. The Labute approximate surface area is 152 Å². The lowest BCUT2D eigenvalue weighted by atomic mass is 10.1. The maximum atomic E-state index is 13.8. The molecular weight excluding hydrogens is 364 g/mol. The first-order chi connectivity index (χ1) is 12.3. The Kier molecular flexibility index (Phi) is 4.38. The van der Waals surface area contributed by atoms with Crippen LogP contribution in [0, 0.1) is 18.3 Å². The largest absolute Gasteiger partial charge is 0.544 e. The number of carboxylic acid groups (broad SMARTS) is 1. The first-order valence-corrected chi connectivity index (χ1v) is 7.88. The summed E-state index contributed by atoms with van der Waals surface area (Å²) in [7, 11) is 0. The number of fused-ring (bicyclic) bond motifs is 1. The fraction of sp³-hybridized carbons (Fsp3) is 0.167. The molecule has 0 spiro atoms. The van der Waals surface area contributed by atoms with E-state index in [0.717, 1.165) is 12.1 Å². The van der Waals surface area contributed by atoms with Crippen molar-refractivity contribution >= 4 is 28.5 Å². The van der Waals surface area contributed by atoms with Crippen LogP contribution in [0.2, 0.25) is 5.02 Å². The highest BCUT2D eigenvalue weighted by atomic mass is 35.5. The lowest BCUT2D eigenvalue weighted by Gasteiger charge is -2.17. The number of hydrogen-bond acceptors (Lipinski definition) is 4. The number of nitriles is 1. The topological polar surface area (TPSA) is 81.7 Å². The zero-order valence-corrected chi connectivity index (χ0v) is 14.2. The molecule has 0 amide bonds. The lowest BCUT2D eigenvalue weighted by Crippen LogP contribution is -2.39. The second kappa shape index (κ2) is 6.39. The first kappa shape index (κ1) is 17.8. The number of halogens is 3. The molecule has 0 unspecified atom stereocenters. The van der Waals surface area contributed by atoms with Gasteiger partial charge in [0.15, 0.2) is 0 Å². The predicted molar refractivity (Wildman–Crippen MR) is 88.6 cm³/mol. The summed E-state index contributed by atoms with van der Waals surface area (Å²) in [5, 5.41) is 25.2. The molecule has 0 bridgehead atoms. The highest BCUT2D eigenvalue weighted by Crippen LogP contribution is 2.31. The second-order valence-electron chi connectivity index (χ2n) is 5.71. The molecule has 26 heavy (non-hydrogen) atoms. The number of rotatable bonds is 4. The van der Waals surface area contributed by atoms with E-state index >= 15 is 0 Å². The molecule has 3 rings (SSSR count). The summed E-state index contributed by atoms with van der Waals surface area (Å²) < 4.78 is 29.0. The van der Waals surface area contributed by atoms with Gasteiger partial charge in [-0.25, -0.2) is 0 Å². The molecule has 1 heterocycles. The van der Waals surface area contributed by atoms with E-state index in [1.165, 1.54) is 10.7 Å². The van der Waals surface area contributed by atoms with E-state index in [9.17, 15) is 23.9 Å². The summed E-state index contributed by atoms with van der Waals surface area (Å²) in [6.45, 7) is 1.78. The molecule has 8 heteroatoms. The van der Waals surface area contributed by atoms with Crippen molar-refractivity contribution in [2.75, 3.05) is 0 Å². The Bertz CT molecular complexity index is 1070. The van der Waals surface area contributed by atoms with Gasteiger partial charge in [-0.15, -0.1) is 0 Å². The Balaban J connectivity index is 2.16. The van der Waals surface area contributed by atoms with Crippen LogP contribution in [0.4, 0.5) is 8.78 Å². The summed E-state index contributed by atoms with van der Waals surface area (Å²) in [5.41, 5.74) is 1.03. The van der Waals surface area contributed by atoms with Crippen LogP contribution in [0.15, 0.2) is 36.4 Å². The summed E-state index contributed by atoms with van der Waals surface area (Å²) >= 11 is 6.16. The number of alkyl halides is 2. The van der Waals surface area contributed by atoms with Crippen LogP contribution in [0.25, 0.3) is 10.9 Å². The van der Waals surface area contributed by atoms with Crippen LogP contribution in [0.3, 0.4) is 0 Å². The van der Waals surface area contributed by atoms with Crippen molar-refractivity contribution in [1.82, 2.24) is 9.78 Å².